The van der Waals surface area contributed by atoms with Crippen LogP contribution in [0.15, 0.2) is 0 Å². The molecular weight excluding hydrogens is 216 g/mol. The molecule has 1 aliphatic heterocycles. The molecule has 0 aromatic heterocycles. The standard InChI is InChI=1S/C13H26N2O2/c16-8-10-17-9-7-15-6-2-1-3-13(15)11-14-12-4-5-12/h12-14,16H,1-11H2. The van der Waals surface area contributed by atoms with Crippen LogP contribution in [0, 0.1) is 0 Å². The van der Waals surface area contributed by atoms with E-state index in [1.54, 1.807) is 0 Å². The molecule has 4 heteroatoms. The number of ether oxygens (including phenoxy) is 1. The molecule has 0 spiro atoms. The summed E-state index contributed by atoms with van der Waals surface area (Å²) in [5.41, 5.74) is 0. The summed E-state index contributed by atoms with van der Waals surface area (Å²) in [5, 5.41) is 12.3. The molecule has 0 radical (unpaired) electrons. The number of aliphatic hydroxyl groups excluding tert-OH is 1. The maximum Gasteiger partial charge on any atom is 0.0698 e. The zero-order valence-corrected chi connectivity index (χ0v) is 10.7. The van der Waals surface area contributed by atoms with Crippen LogP contribution < -0.4 is 5.32 Å². The van der Waals surface area contributed by atoms with E-state index >= 15 is 0 Å². The molecule has 1 unspecified atom stereocenters. The average Bonchev–Trinajstić information content (AvgIpc) is 3.17. The highest BCUT2D eigenvalue weighted by Crippen LogP contribution is 2.21. The second kappa shape index (κ2) is 7.31. The first-order valence-electron chi connectivity index (χ1n) is 7.06. The van der Waals surface area contributed by atoms with Crippen molar-refractivity contribution in [2.75, 3.05) is 39.5 Å². The van der Waals surface area contributed by atoms with Crippen molar-refractivity contribution in [1.29, 1.82) is 0 Å². The Morgan fingerprint density at radius 3 is 2.82 bits per heavy atom. The number of nitrogens with zero attached hydrogens (tertiary/aromatic N) is 1. The third kappa shape index (κ3) is 4.92. The van der Waals surface area contributed by atoms with Crippen LogP contribution in [-0.2, 0) is 4.74 Å². The van der Waals surface area contributed by atoms with E-state index in [9.17, 15) is 0 Å². The van der Waals surface area contributed by atoms with Crippen LogP contribution >= 0.6 is 0 Å². The molecule has 2 aliphatic rings. The summed E-state index contributed by atoms with van der Waals surface area (Å²) >= 11 is 0. The second-order valence-electron chi connectivity index (χ2n) is 5.20. The van der Waals surface area contributed by atoms with E-state index in [1.165, 1.54) is 38.6 Å². The lowest BCUT2D eigenvalue weighted by atomic mass is 10.0. The number of nitrogens with one attached hydrogen (secondary N) is 1. The molecule has 2 rings (SSSR count). The van der Waals surface area contributed by atoms with E-state index in [2.05, 4.69) is 10.2 Å². The van der Waals surface area contributed by atoms with E-state index < -0.39 is 0 Å². The zero-order valence-electron chi connectivity index (χ0n) is 10.7. The van der Waals surface area contributed by atoms with Crippen LogP contribution in [0.1, 0.15) is 32.1 Å². The van der Waals surface area contributed by atoms with E-state index in [4.69, 9.17) is 9.84 Å². The minimum atomic E-state index is 0.132. The Kier molecular flexibility index (Phi) is 5.71. The number of likely N-dealkylation sites (tertiary alicyclic amines) is 1. The first-order valence-corrected chi connectivity index (χ1v) is 7.06. The van der Waals surface area contributed by atoms with E-state index in [1.807, 2.05) is 0 Å². The molecule has 0 aromatic rings. The molecule has 17 heavy (non-hydrogen) atoms. The zero-order chi connectivity index (χ0) is 11.9. The quantitative estimate of drug-likeness (QED) is 0.612. The molecular formula is C13H26N2O2. The number of piperidine rings is 1. The Balaban J connectivity index is 1.63. The second-order valence-corrected chi connectivity index (χ2v) is 5.20. The van der Waals surface area contributed by atoms with Crippen molar-refractivity contribution < 1.29 is 9.84 Å². The summed E-state index contributed by atoms with van der Waals surface area (Å²) in [6.07, 6.45) is 6.74. The maximum absolute atomic E-state index is 8.66. The molecule has 2 fully saturated rings. The van der Waals surface area contributed by atoms with Crippen LogP contribution in [0.25, 0.3) is 0 Å². The van der Waals surface area contributed by atoms with Gasteiger partial charge in [-0.1, -0.05) is 6.42 Å². The maximum atomic E-state index is 8.66. The third-order valence-electron chi connectivity index (χ3n) is 3.73. The number of rotatable bonds is 8. The fourth-order valence-electron chi connectivity index (χ4n) is 2.52. The molecule has 0 bridgehead atoms. The van der Waals surface area contributed by atoms with E-state index in [0.29, 0.717) is 12.6 Å². The van der Waals surface area contributed by atoms with Gasteiger partial charge in [-0.05, 0) is 32.2 Å². The van der Waals surface area contributed by atoms with E-state index in [-0.39, 0.29) is 6.61 Å². The van der Waals surface area contributed by atoms with Crippen LogP contribution in [0.4, 0.5) is 0 Å². The predicted molar refractivity (Wildman–Crippen MR) is 68.1 cm³/mol. The van der Waals surface area contributed by atoms with Gasteiger partial charge in [-0.3, -0.25) is 4.90 Å². The number of hydrogen-bond donors (Lipinski definition) is 2. The van der Waals surface area contributed by atoms with Crippen molar-refractivity contribution in [1.82, 2.24) is 10.2 Å². The van der Waals surface area contributed by atoms with Crippen LogP contribution in [0.3, 0.4) is 0 Å². The van der Waals surface area contributed by atoms with Gasteiger partial charge in [-0.25, -0.2) is 0 Å². The summed E-state index contributed by atoms with van der Waals surface area (Å²) in [5.74, 6) is 0. The molecule has 0 aromatic carbocycles. The van der Waals surface area contributed by atoms with Crippen LogP contribution in [0.5, 0.6) is 0 Å². The summed E-state index contributed by atoms with van der Waals surface area (Å²) in [4.78, 5) is 2.55. The van der Waals surface area contributed by atoms with Crippen molar-refractivity contribution in [3.05, 3.63) is 0 Å². The first-order chi connectivity index (χ1) is 8.40. The lowest BCUT2D eigenvalue weighted by Crippen LogP contribution is -2.47. The van der Waals surface area contributed by atoms with E-state index in [0.717, 1.165) is 25.7 Å². The Morgan fingerprint density at radius 1 is 1.18 bits per heavy atom. The normalized spacial score (nSPS) is 26.3. The van der Waals surface area contributed by atoms with Gasteiger partial charge in [0.05, 0.1) is 19.8 Å². The van der Waals surface area contributed by atoms with Gasteiger partial charge in [-0.2, -0.15) is 0 Å². The first kappa shape index (κ1) is 13.3. The molecule has 0 amide bonds. The van der Waals surface area contributed by atoms with Gasteiger partial charge in [-0.15, -0.1) is 0 Å². The van der Waals surface area contributed by atoms with Gasteiger partial charge in [0.25, 0.3) is 0 Å². The fraction of sp³-hybridized carbons (Fsp3) is 1.00. The van der Waals surface area contributed by atoms with Crippen molar-refractivity contribution in [2.24, 2.45) is 0 Å². The lowest BCUT2D eigenvalue weighted by Gasteiger charge is -2.35. The largest absolute Gasteiger partial charge is 0.394 e. The Bertz CT molecular complexity index is 210. The van der Waals surface area contributed by atoms with Gasteiger partial charge in [0.15, 0.2) is 0 Å². The van der Waals surface area contributed by atoms with Crippen molar-refractivity contribution in [3.63, 3.8) is 0 Å². The molecule has 1 saturated carbocycles. The highest BCUT2D eigenvalue weighted by molar-refractivity contribution is 4.85. The monoisotopic (exact) mass is 242 g/mol. The molecule has 1 saturated heterocycles. The molecule has 2 N–H and O–H groups in total. The SMILES string of the molecule is OCCOCCN1CCCCC1CNC1CC1. The summed E-state index contributed by atoms with van der Waals surface area (Å²) in [6.45, 7) is 4.72. The van der Waals surface area contributed by atoms with Crippen molar-refractivity contribution >= 4 is 0 Å². The highest BCUT2D eigenvalue weighted by atomic mass is 16.5. The van der Waals surface area contributed by atoms with Gasteiger partial charge < -0.3 is 15.2 Å². The number of aliphatic hydroxyl groups is 1. The molecule has 1 heterocycles. The predicted octanol–water partition coefficient (Wildman–Crippen LogP) is 0.602. The Morgan fingerprint density at radius 2 is 2.06 bits per heavy atom. The average molecular weight is 242 g/mol. The summed E-state index contributed by atoms with van der Waals surface area (Å²) in [6, 6.07) is 1.51. The highest BCUT2D eigenvalue weighted by Gasteiger charge is 2.25. The molecule has 1 aliphatic carbocycles. The smallest absolute Gasteiger partial charge is 0.0698 e. The van der Waals surface area contributed by atoms with Crippen molar-refractivity contribution in [3.8, 4) is 0 Å². The van der Waals surface area contributed by atoms with Gasteiger partial charge in [0, 0.05) is 25.2 Å². The minimum absolute atomic E-state index is 0.132. The van der Waals surface area contributed by atoms with Gasteiger partial charge >= 0.3 is 0 Å². The van der Waals surface area contributed by atoms with Gasteiger partial charge in [0.1, 0.15) is 0 Å². The minimum Gasteiger partial charge on any atom is -0.394 e. The van der Waals surface area contributed by atoms with Crippen molar-refractivity contribution in [2.45, 2.75) is 44.2 Å². The van der Waals surface area contributed by atoms with Crippen LogP contribution in [0.2, 0.25) is 0 Å². The molecule has 100 valence electrons. The van der Waals surface area contributed by atoms with Crippen LogP contribution in [-0.4, -0.2) is 61.5 Å². The lowest BCUT2D eigenvalue weighted by molar-refractivity contribution is 0.0533. The molecule has 4 nitrogen and oxygen atoms in total. The number of hydrogen-bond acceptors (Lipinski definition) is 4. The third-order valence-corrected chi connectivity index (χ3v) is 3.73. The van der Waals surface area contributed by atoms with Gasteiger partial charge in [0.2, 0.25) is 0 Å². The molecule has 1 atom stereocenters. The fourth-order valence-corrected chi connectivity index (χ4v) is 2.52. The Labute approximate surface area is 104 Å². The summed E-state index contributed by atoms with van der Waals surface area (Å²) < 4.78 is 5.36. The Hall–Kier alpha value is -0.160. The summed E-state index contributed by atoms with van der Waals surface area (Å²) in [7, 11) is 0. The topological polar surface area (TPSA) is 44.7 Å².